The number of fused-ring (bicyclic) bond motifs is 9. The highest BCUT2D eigenvalue weighted by Gasteiger charge is 2.56. The molecular formula is C48H32O31. The Kier molecular flexibility index (Phi) is 12.4. The highest BCUT2D eigenvalue weighted by Crippen LogP contribution is 2.57. The number of ether oxygens (including phenoxy) is 7. The van der Waals surface area contributed by atoms with Gasteiger partial charge in [-0.3, -0.25) is 0 Å². The maximum Gasteiger partial charge on any atom is 0.340 e. The summed E-state index contributed by atoms with van der Waals surface area (Å²) in [5.74, 6) is -37.5. The predicted molar refractivity (Wildman–Crippen MR) is 244 cm³/mol. The average molecular weight is 1100 g/mol. The lowest BCUT2D eigenvalue weighted by Gasteiger charge is -2.44. The van der Waals surface area contributed by atoms with Gasteiger partial charge in [0.15, 0.2) is 87.0 Å². The Morgan fingerprint density at radius 2 is 0.810 bits per heavy atom. The van der Waals surface area contributed by atoms with E-state index >= 15 is 0 Å². The van der Waals surface area contributed by atoms with Crippen LogP contribution in [0.4, 0.5) is 0 Å². The molecule has 5 atom stereocenters. The Hall–Kier alpha value is -11.5. The molecule has 6 aromatic carbocycles. The third-order valence-electron chi connectivity index (χ3n) is 12.2. The Morgan fingerprint density at radius 3 is 1.29 bits per heavy atom. The van der Waals surface area contributed by atoms with Crippen LogP contribution in [-0.4, -0.2) is 165 Å². The minimum atomic E-state index is -2.64. The van der Waals surface area contributed by atoms with Gasteiger partial charge in [-0.1, -0.05) is 0 Å². The summed E-state index contributed by atoms with van der Waals surface area (Å²) in [6, 6.07) is 2.79. The fourth-order valence-electron chi connectivity index (χ4n) is 8.52. The Labute approximate surface area is 433 Å². The van der Waals surface area contributed by atoms with Gasteiger partial charge in [0.2, 0.25) is 46.9 Å². The molecule has 3 aliphatic heterocycles. The lowest BCUT2D eigenvalue weighted by atomic mass is 9.91. The molecule has 18 N–H and O–H groups in total. The number of carboxylic acid groups (broad SMARTS) is 1. The van der Waals surface area contributed by atoms with Crippen molar-refractivity contribution in [3.8, 4) is 131 Å². The van der Waals surface area contributed by atoms with Crippen LogP contribution in [0.5, 0.6) is 109 Å². The van der Waals surface area contributed by atoms with Gasteiger partial charge < -0.3 is 125 Å². The zero-order valence-corrected chi connectivity index (χ0v) is 38.5. The first kappa shape index (κ1) is 52.4. The zero-order valence-electron chi connectivity index (χ0n) is 38.5. The van der Waals surface area contributed by atoms with Crippen molar-refractivity contribution in [1.82, 2.24) is 0 Å². The summed E-state index contributed by atoms with van der Waals surface area (Å²) in [5, 5.41) is 192. The summed E-state index contributed by atoms with van der Waals surface area (Å²) >= 11 is 0. The van der Waals surface area contributed by atoms with Crippen LogP contribution in [0.25, 0.3) is 22.3 Å². The molecule has 3 heterocycles. The van der Waals surface area contributed by atoms with Crippen LogP contribution in [0.15, 0.2) is 42.5 Å². The molecule has 1 fully saturated rings. The molecule has 5 unspecified atom stereocenters. The molecule has 31 heteroatoms. The van der Waals surface area contributed by atoms with Crippen LogP contribution in [0.1, 0.15) is 62.1 Å². The second-order valence-electron chi connectivity index (χ2n) is 16.9. The molecule has 1 saturated heterocycles. The Balaban J connectivity index is 1.26. The van der Waals surface area contributed by atoms with Crippen LogP contribution in [-0.2, 0) is 28.4 Å². The molecule has 0 saturated carbocycles. The number of carbonyl (C=O) groups excluding carboxylic acids is 5. The third kappa shape index (κ3) is 8.40. The van der Waals surface area contributed by atoms with Crippen LogP contribution >= 0.6 is 0 Å². The maximum atomic E-state index is 14.8. The van der Waals surface area contributed by atoms with Gasteiger partial charge >= 0.3 is 35.8 Å². The van der Waals surface area contributed by atoms with E-state index in [-0.39, 0.29) is 0 Å². The highest BCUT2D eigenvalue weighted by atomic mass is 16.7. The van der Waals surface area contributed by atoms with E-state index < -0.39 is 238 Å². The van der Waals surface area contributed by atoms with Crippen molar-refractivity contribution in [3.05, 3.63) is 75.8 Å². The normalized spacial score (nSPS) is 18.7. The quantitative estimate of drug-likeness (QED) is 0.0670. The lowest BCUT2D eigenvalue weighted by Crippen LogP contribution is -2.63. The Bertz CT molecular complexity index is 3710. The molecule has 0 bridgehead atoms. The van der Waals surface area contributed by atoms with Crippen molar-refractivity contribution in [1.29, 1.82) is 0 Å². The second-order valence-corrected chi connectivity index (χ2v) is 16.9. The number of phenols is 17. The number of phenolic OH excluding ortho intramolecular Hbond substituents is 17. The van der Waals surface area contributed by atoms with Gasteiger partial charge in [0, 0.05) is 28.3 Å². The van der Waals surface area contributed by atoms with Crippen LogP contribution < -0.4 is 4.74 Å². The van der Waals surface area contributed by atoms with Gasteiger partial charge in [0.1, 0.15) is 18.3 Å². The van der Waals surface area contributed by atoms with Crippen LogP contribution in [0, 0.1) is 0 Å². The summed E-state index contributed by atoms with van der Waals surface area (Å²) in [6.45, 7) is -1.39. The predicted octanol–water partition coefficient (Wildman–Crippen LogP) is 2.55. The molecule has 410 valence electrons. The number of aromatic hydroxyl groups is 17. The molecule has 0 amide bonds. The SMILES string of the molecule is O=C(OC1OC2COC(=O)c3cc(O)c(Oc4c(C(=O)O)cc(O)c(O)c4O)c(O)c3-c3c(cc(O)c(O)c3O)C(=O)OC2C2OC(=O)c3cc(O)c(O)c(O)c3-c3c(cc(O)c(O)c3O)C(=O)OC12)c1cc(O)c(O)c(O)c1. The first-order valence-electron chi connectivity index (χ1n) is 21.7. The minimum absolute atomic E-state index is 0.307. The second kappa shape index (κ2) is 18.7. The first-order chi connectivity index (χ1) is 37.1. The number of carboxylic acids is 1. The monoisotopic (exact) mass is 1100 g/mol. The summed E-state index contributed by atoms with van der Waals surface area (Å²) in [6.07, 6.45) is -12.7. The molecule has 6 aromatic rings. The third-order valence-corrected chi connectivity index (χ3v) is 12.2. The molecule has 0 aromatic heterocycles. The average Bonchev–Trinajstić information content (AvgIpc) is 3.68. The van der Waals surface area contributed by atoms with Crippen molar-refractivity contribution in [2.24, 2.45) is 0 Å². The van der Waals surface area contributed by atoms with Crippen molar-refractivity contribution in [3.63, 3.8) is 0 Å². The van der Waals surface area contributed by atoms with E-state index in [4.69, 9.17) is 33.2 Å². The molecule has 0 radical (unpaired) electrons. The topological polar surface area (TPSA) is 531 Å². The van der Waals surface area contributed by atoms with Crippen molar-refractivity contribution < 1.29 is 154 Å². The van der Waals surface area contributed by atoms with E-state index in [0.29, 0.717) is 42.5 Å². The smallest absolute Gasteiger partial charge is 0.340 e. The summed E-state index contributed by atoms with van der Waals surface area (Å²) in [7, 11) is 0. The number of hydrogen-bond donors (Lipinski definition) is 18. The van der Waals surface area contributed by atoms with E-state index in [9.17, 15) is 121 Å². The number of esters is 5. The summed E-state index contributed by atoms with van der Waals surface area (Å²) in [4.78, 5) is 84.3. The number of carbonyl (C=O) groups is 6. The zero-order chi connectivity index (χ0) is 57.7. The van der Waals surface area contributed by atoms with Gasteiger partial charge in [0.25, 0.3) is 0 Å². The van der Waals surface area contributed by atoms with Crippen molar-refractivity contribution >= 4 is 35.8 Å². The van der Waals surface area contributed by atoms with Gasteiger partial charge in [0.05, 0.1) is 27.8 Å². The standard InChI is InChI=1S/C48H32O31/c49-15-1-9(2-16(50)27(15)56)43(68)79-48-41-40(77-46(71)11-3-17(51)28(57)32(61)23(11)24-12(47(72)78-41)4-18(52)29(58)33(24)62)39-22(74-48)8-73-44(69)10-6-21(55)38(75-37-14(42(66)67)7-20(54)31(60)36(37)65)35(64)26(10)25-13(45(70)76-39)5-19(53)30(59)34(25)63/h1-7,22,39-41,48-65H,8H2,(H,66,67). The van der Waals surface area contributed by atoms with Crippen molar-refractivity contribution in [2.45, 2.75) is 30.7 Å². The molecule has 31 nitrogen and oxygen atoms in total. The van der Waals surface area contributed by atoms with Crippen molar-refractivity contribution in [2.75, 3.05) is 6.61 Å². The number of rotatable bonds is 5. The molecule has 0 spiro atoms. The number of aromatic carboxylic acids is 1. The number of benzene rings is 6. The summed E-state index contributed by atoms with van der Waals surface area (Å²) < 4.78 is 39.2. The van der Waals surface area contributed by atoms with E-state index in [2.05, 4.69) is 0 Å². The maximum absolute atomic E-state index is 14.8. The molecular weight excluding hydrogens is 1070 g/mol. The van der Waals surface area contributed by atoms with E-state index in [1.54, 1.807) is 0 Å². The van der Waals surface area contributed by atoms with E-state index in [1.807, 2.05) is 0 Å². The molecule has 3 aliphatic rings. The molecule has 0 aliphatic carbocycles. The van der Waals surface area contributed by atoms with Gasteiger partial charge in [-0.15, -0.1) is 0 Å². The van der Waals surface area contributed by atoms with Crippen LogP contribution in [0.2, 0.25) is 0 Å². The molecule has 9 rings (SSSR count). The van der Waals surface area contributed by atoms with Gasteiger partial charge in [-0.25, -0.2) is 28.8 Å². The number of cyclic esters (lactones) is 1. The van der Waals surface area contributed by atoms with E-state index in [1.165, 1.54) is 0 Å². The minimum Gasteiger partial charge on any atom is -0.504 e. The number of hydrogen-bond acceptors (Lipinski definition) is 30. The molecule has 79 heavy (non-hydrogen) atoms. The van der Waals surface area contributed by atoms with Gasteiger partial charge in [-0.05, 0) is 36.4 Å². The van der Waals surface area contributed by atoms with Crippen LogP contribution in [0.3, 0.4) is 0 Å². The lowest BCUT2D eigenvalue weighted by molar-refractivity contribution is -0.282. The highest BCUT2D eigenvalue weighted by molar-refractivity contribution is 6.10. The summed E-state index contributed by atoms with van der Waals surface area (Å²) in [5.41, 5.74) is -11.5. The van der Waals surface area contributed by atoms with Gasteiger partial charge in [-0.2, -0.15) is 0 Å². The fourth-order valence-corrected chi connectivity index (χ4v) is 8.52. The Morgan fingerprint density at radius 1 is 0.418 bits per heavy atom. The largest absolute Gasteiger partial charge is 0.504 e. The van der Waals surface area contributed by atoms with E-state index in [0.717, 1.165) is 0 Å². The fraction of sp³-hybridized carbons (Fsp3) is 0.125. The first-order valence-corrected chi connectivity index (χ1v) is 21.7.